The van der Waals surface area contributed by atoms with E-state index >= 15 is 0 Å². The lowest BCUT2D eigenvalue weighted by atomic mass is 9.68. The zero-order chi connectivity index (χ0) is 14.8. The molecule has 2 rings (SSSR count). The molecule has 2 aliphatic rings. The van der Waals surface area contributed by atoms with Crippen molar-refractivity contribution >= 4 is 11.9 Å². The summed E-state index contributed by atoms with van der Waals surface area (Å²) in [5.41, 5.74) is 0.393. The molecular weight excluding hydrogens is 250 g/mol. The summed E-state index contributed by atoms with van der Waals surface area (Å²) in [6.45, 7) is 9.84. The van der Waals surface area contributed by atoms with Gasteiger partial charge in [-0.15, -0.1) is 0 Å². The lowest BCUT2D eigenvalue weighted by molar-refractivity contribution is -0.121. The summed E-state index contributed by atoms with van der Waals surface area (Å²) >= 11 is 0. The minimum absolute atomic E-state index is 0.0634. The molecule has 0 spiro atoms. The molecule has 1 atom stereocenters. The SMILES string of the molecule is CCCN=C1NC(=O)C(C2CCC(C(C)(C)C)CC2)N1. The first-order chi connectivity index (χ1) is 9.41. The quantitative estimate of drug-likeness (QED) is 0.834. The van der Waals surface area contributed by atoms with Crippen LogP contribution in [0.25, 0.3) is 0 Å². The van der Waals surface area contributed by atoms with Crippen LogP contribution in [0.1, 0.15) is 59.8 Å². The largest absolute Gasteiger partial charge is 0.344 e. The van der Waals surface area contributed by atoms with E-state index in [9.17, 15) is 4.79 Å². The number of carbonyl (C=O) groups is 1. The Kier molecular flexibility index (Phi) is 4.71. The molecule has 2 fully saturated rings. The second kappa shape index (κ2) is 6.15. The van der Waals surface area contributed by atoms with E-state index in [0.29, 0.717) is 17.3 Å². The minimum Gasteiger partial charge on any atom is -0.344 e. The molecule has 1 amide bonds. The number of nitrogens with zero attached hydrogens (tertiary/aromatic N) is 1. The van der Waals surface area contributed by atoms with Crippen molar-refractivity contribution in [2.75, 3.05) is 6.54 Å². The molecule has 4 heteroatoms. The van der Waals surface area contributed by atoms with Gasteiger partial charge < -0.3 is 5.32 Å². The maximum Gasteiger partial charge on any atom is 0.249 e. The Morgan fingerprint density at radius 3 is 2.40 bits per heavy atom. The zero-order valence-corrected chi connectivity index (χ0v) is 13.3. The van der Waals surface area contributed by atoms with Crippen molar-refractivity contribution in [1.29, 1.82) is 0 Å². The summed E-state index contributed by atoms with van der Waals surface area (Å²) in [5.74, 6) is 2.04. The highest BCUT2D eigenvalue weighted by Gasteiger charge is 2.38. The Labute approximate surface area is 122 Å². The van der Waals surface area contributed by atoms with Gasteiger partial charge in [0.15, 0.2) is 5.96 Å². The molecule has 20 heavy (non-hydrogen) atoms. The van der Waals surface area contributed by atoms with E-state index in [1.807, 2.05) is 0 Å². The van der Waals surface area contributed by atoms with Crippen molar-refractivity contribution in [2.45, 2.75) is 65.8 Å². The maximum atomic E-state index is 12.1. The van der Waals surface area contributed by atoms with Gasteiger partial charge in [-0.25, -0.2) is 0 Å². The predicted molar refractivity (Wildman–Crippen MR) is 82.6 cm³/mol. The highest BCUT2D eigenvalue weighted by Crippen LogP contribution is 2.40. The van der Waals surface area contributed by atoms with Crippen LogP contribution in [0.15, 0.2) is 4.99 Å². The molecule has 0 aromatic rings. The van der Waals surface area contributed by atoms with Crippen LogP contribution in [0, 0.1) is 17.3 Å². The molecule has 1 aliphatic carbocycles. The molecule has 114 valence electrons. The van der Waals surface area contributed by atoms with Crippen LogP contribution in [-0.4, -0.2) is 24.5 Å². The third-order valence-corrected chi connectivity index (χ3v) is 4.78. The van der Waals surface area contributed by atoms with Gasteiger partial charge in [0, 0.05) is 6.54 Å². The summed E-state index contributed by atoms with van der Waals surface area (Å²) < 4.78 is 0. The van der Waals surface area contributed by atoms with E-state index in [1.54, 1.807) is 0 Å². The van der Waals surface area contributed by atoms with Gasteiger partial charge in [-0.05, 0) is 49.4 Å². The van der Waals surface area contributed by atoms with Crippen LogP contribution in [0.2, 0.25) is 0 Å². The van der Waals surface area contributed by atoms with Gasteiger partial charge >= 0.3 is 0 Å². The lowest BCUT2D eigenvalue weighted by Crippen LogP contribution is -2.40. The molecule has 0 bridgehead atoms. The lowest BCUT2D eigenvalue weighted by Gasteiger charge is -2.38. The van der Waals surface area contributed by atoms with Crippen LogP contribution in [-0.2, 0) is 4.79 Å². The minimum atomic E-state index is -0.0634. The number of hydrogen-bond donors (Lipinski definition) is 2. The molecule has 1 aliphatic heterocycles. The van der Waals surface area contributed by atoms with E-state index in [0.717, 1.165) is 31.7 Å². The van der Waals surface area contributed by atoms with Gasteiger partial charge in [0.2, 0.25) is 5.91 Å². The maximum absolute atomic E-state index is 12.1. The van der Waals surface area contributed by atoms with Crippen LogP contribution in [0.3, 0.4) is 0 Å². The first kappa shape index (κ1) is 15.3. The summed E-state index contributed by atoms with van der Waals surface area (Å²) in [5, 5.41) is 6.17. The molecule has 1 unspecified atom stereocenters. The average Bonchev–Trinajstić information content (AvgIpc) is 2.77. The van der Waals surface area contributed by atoms with Crippen LogP contribution < -0.4 is 10.6 Å². The first-order valence-corrected chi connectivity index (χ1v) is 8.03. The van der Waals surface area contributed by atoms with E-state index in [1.165, 1.54) is 12.8 Å². The van der Waals surface area contributed by atoms with Gasteiger partial charge in [-0.1, -0.05) is 27.7 Å². The average molecular weight is 279 g/mol. The second-order valence-electron chi connectivity index (χ2n) is 7.32. The monoisotopic (exact) mass is 279 g/mol. The fraction of sp³-hybridized carbons (Fsp3) is 0.875. The number of carbonyl (C=O) groups excluding carboxylic acids is 1. The van der Waals surface area contributed by atoms with Crippen molar-refractivity contribution in [3.63, 3.8) is 0 Å². The number of amides is 1. The van der Waals surface area contributed by atoms with Crippen LogP contribution in [0.5, 0.6) is 0 Å². The molecular formula is C16H29N3O. The summed E-state index contributed by atoms with van der Waals surface area (Å²) in [6.07, 6.45) is 5.77. The van der Waals surface area contributed by atoms with E-state index in [4.69, 9.17) is 0 Å². The molecule has 4 nitrogen and oxygen atoms in total. The molecule has 0 aromatic carbocycles. The van der Waals surface area contributed by atoms with E-state index < -0.39 is 0 Å². The van der Waals surface area contributed by atoms with E-state index in [2.05, 4.69) is 43.3 Å². The second-order valence-corrected chi connectivity index (χ2v) is 7.32. The first-order valence-electron chi connectivity index (χ1n) is 8.03. The summed E-state index contributed by atoms with van der Waals surface area (Å²) in [4.78, 5) is 16.4. The third-order valence-electron chi connectivity index (χ3n) is 4.78. The Morgan fingerprint density at radius 1 is 1.20 bits per heavy atom. The summed E-state index contributed by atoms with van der Waals surface area (Å²) in [7, 11) is 0. The van der Waals surface area contributed by atoms with Crippen molar-refractivity contribution in [1.82, 2.24) is 10.6 Å². The molecule has 1 heterocycles. The number of nitrogens with one attached hydrogen (secondary N) is 2. The molecule has 0 radical (unpaired) electrons. The van der Waals surface area contributed by atoms with Crippen molar-refractivity contribution in [3.8, 4) is 0 Å². The molecule has 2 N–H and O–H groups in total. The summed E-state index contributed by atoms with van der Waals surface area (Å²) in [6, 6.07) is -0.0634. The normalized spacial score (nSPS) is 33.1. The van der Waals surface area contributed by atoms with E-state index in [-0.39, 0.29) is 11.9 Å². The number of hydrogen-bond acceptors (Lipinski definition) is 2. The van der Waals surface area contributed by atoms with Gasteiger partial charge in [-0.3, -0.25) is 15.1 Å². The zero-order valence-electron chi connectivity index (χ0n) is 13.3. The number of guanidine groups is 1. The van der Waals surface area contributed by atoms with Crippen molar-refractivity contribution < 1.29 is 4.79 Å². The predicted octanol–water partition coefficient (Wildman–Crippen LogP) is 2.69. The van der Waals surface area contributed by atoms with Gasteiger partial charge in [0.1, 0.15) is 6.04 Å². The molecule has 1 saturated carbocycles. The van der Waals surface area contributed by atoms with Gasteiger partial charge in [0.25, 0.3) is 0 Å². The number of rotatable bonds is 3. The molecule has 1 saturated heterocycles. The topological polar surface area (TPSA) is 53.5 Å². The smallest absolute Gasteiger partial charge is 0.249 e. The molecule has 0 aromatic heterocycles. The standard InChI is InChI=1S/C16H29N3O/c1-5-10-17-15-18-13(14(20)19-15)11-6-8-12(9-7-11)16(2,3)4/h11-13H,5-10H2,1-4H3,(H2,17,18,19,20). The fourth-order valence-electron chi connectivity index (χ4n) is 3.40. The van der Waals surface area contributed by atoms with Gasteiger partial charge in [-0.2, -0.15) is 0 Å². The fourth-order valence-corrected chi connectivity index (χ4v) is 3.40. The van der Waals surface area contributed by atoms with Crippen molar-refractivity contribution in [2.24, 2.45) is 22.2 Å². The van der Waals surface area contributed by atoms with Crippen LogP contribution >= 0.6 is 0 Å². The van der Waals surface area contributed by atoms with Gasteiger partial charge in [0.05, 0.1) is 0 Å². The highest BCUT2D eigenvalue weighted by molar-refractivity contribution is 6.06. The third kappa shape index (κ3) is 3.53. The Bertz CT molecular complexity index is 376. The Hall–Kier alpha value is -1.06. The highest BCUT2D eigenvalue weighted by atomic mass is 16.2. The van der Waals surface area contributed by atoms with Crippen LogP contribution in [0.4, 0.5) is 0 Å². The number of aliphatic imine (C=N–C) groups is 1. The Balaban J connectivity index is 1.90. The Morgan fingerprint density at radius 2 is 1.85 bits per heavy atom. The van der Waals surface area contributed by atoms with Crippen molar-refractivity contribution in [3.05, 3.63) is 0 Å².